The number of rotatable bonds is 10. The van der Waals surface area contributed by atoms with E-state index >= 15 is 0 Å². The molecule has 0 heterocycles. The molecule has 2 rings (SSSR count). The first-order valence-electron chi connectivity index (χ1n) is 11.2. The third kappa shape index (κ3) is 7.56. The molecular weight excluding hydrogens is 424 g/mol. The maximum Gasteiger partial charge on any atom is 0.261 e. The Morgan fingerprint density at radius 3 is 2.34 bits per heavy atom. The van der Waals surface area contributed by atoms with E-state index in [1.54, 1.807) is 13.0 Å². The average molecular weight is 459 g/mol. The van der Waals surface area contributed by atoms with Crippen LogP contribution in [0.3, 0.4) is 0 Å². The van der Waals surface area contributed by atoms with Crippen molar-refractivity contribution in [2.75, 3.05) is 13.2 Å². The molecule has 0 unspecified atom stereocenters. The molecule has 0 radical (unpaired) electrons. The van der Waals surface area contributed by atoms with Crippen molar-refractivity contribution < 1.29 is 14.3 Å². The smallest absolute Gasteiger partial charge is 0.261 e. The highest BCUT2D eigenvalue weighted by atomic mass is 35.5. The summed E-state index contributed by atoms with van der Waals surface area (Å²) in [5, 5.41) is 3.46. The van der Waals surface area contributed by atoms with E-state index in [-0.39, 0.29) is 30.4 Å². The number of amides is 2. The van der Waals surface area contributed by atoms with Gasteiger partial charge in [0.2, 0.25) is 5.91 Å². The first-order valence-corrected chi connectivity index (χ1v) is 11.5. The van der Waals surface area contributed by atoms with Crippen LogP contribution in [0.15, 0.2) is 48.5 Å². The fraction of sp³-hybridized carbons (Fsp3) is 0.462. The number of unbranched alkanes of at least 4 members (excludes halogenated alkanes) is 1. The van der Waals surface area contributed by atoms with E-state index in [9.17, 15) is 9.59 Å². The third-order valence-corrected chi connectivity index (χ3v) is 5.75. The van der Waals surface area contributed by atoms with Crippen molar-refractivity contribution >= 4 is 23.4 Å². The van der Waals surface area contributed by atoms with E-state index < -0.39 is 6.04 Å². The number of nitrogens with zero attached hydrogens (tertiary/aromatic N) is 1. The van der Waals surface area contributed by atoms with Gasteiger partial charge in [0.05, 0.1) is 0 Å². The second-order valence-electron chi connectivity index (χ2n) is 9.00. The highest BCUT2D eigenvalue weighted by Gasteiger charge is 2.27. The van der Waals surface area contributed by atoms with Crippen molar-refractivity contribution in [3.63, 3.8) is 0 Å². The largest absolute Gasteiger partial charge is 0.484 e. The van der Waals surface area contributed by atoms with Crippen LogP contribution in [-0.2, 0) is 21.5 Å². The van der Waals surface area contributed by atoms with Crippen molar-refractivity contribution in [2.24, 2.45) is 0 Å². The normalized spacial score (nSPS) is 12.2. The summed E-state index contributed by atoms with van der Waals surface area (Å²) in [5.41, 5.74) is 2.01. The minimum Gasteiger partial charge on any atom is -0.484 e. The quantitative estimate of drug-likeness (QED) is 0.488. The van der Waals surface area contributed by atoms with E-state index in [4.69, 9.17) is 16.3 Å². The van der Waals surface area contributed by atoms with Gasteiger partial charge in [-0.05, 0) is 48.1 Å². The second kappa shape index (κ2) is 11.9. The van der Waals surface area contributed by atoms with Gasteiger partial charge in [0.25, 0.3) is 5.91 Å². The van der Waals surface area contributed by atoms with Crippen LogP contribution in [0.25, 0.3) is 0 Å². The summed E-state index contributed by atoms with van der Waals surface area (Å²) in [6, 6.07) is 14.4. The number of nitrogens with one attached hydrogen (secondary N) is 1. The topological polar surface area (TPSA) is 58.6 Å². The Hall–Kier alpha value is -2.53. The molecule has 0 spiro atoms. The van der Waals surface area contributed by atoms with Crippen LogP contribution in [-0.4, -0.2) is 35.9 Å². The molecule has 0 bridgehead atoms. The predicted molar refractivity (Wildman–Crippen MR) is 130 cm³/mol. The Morgan fingerprint density at radius 2 is 1.75 bits per heavy atom. The Morgan fingerprint density at radius 1 is 1.09 bits per heavy atom. The molecule has 6 heteroatoms. The van der Waals surface area contributed by atoms with Gasteiger partial charge >= 0.3 is 0 Å². The third-order valence-electron chi connectivity index (χ3n) is 5.38. The molecule has 0 aromatic heterocycles. The van der Waals surface area contributed by atoms with E-state index in [0.29, 0.717) is 17.3 Å². The molecule has 1 N–H and O–H groups in total. The first kappa shape index (κ1) is 25.7. The lowest BCUT2D eigenvalue weighted by atomic mass is 9.87. The van der Waals surface area contributed by atoms with Gasteiger partial charge in [-0.3, -0.25) is 9.59 Å². The summed E-state index contributed by atoms with van der Waals surface area (Å²) in [6.07, 6.45) is 1.88. The fourth-order valence-corrected chi connectivity index (χ4v) is 3.40. The van der Waals surface area contributed by atoms with Crippen molar-refractivity contribution in [1.29, 1.82) is 0 Å². The van der Waals surface area contributed by atoms with Crippen LogP contribution in [0.4, 0.5) is 0 Å². The lowest BCUT2D eigenvalue weighted by Crippen LogP contribution is -2.49. The summed E-state index contributed by atoms with van der Waals surface area (Å²) < 4.78 is 5.76. The molecule has 5 nitrogen and oxygen atoms in total. The van der Waals surface area contributed by atoms with Gasteiger partial charge in [-0.1, -0.05) is 76.0 Å². The lowest BCUT2D eigenvalue weighted by molar-refractivity contribution is -0.142. The zero-order valence-corrected chi connectivity index (χ0v) is 20.5. The standard InChI is InChI=1S/C26H35ClN2O3/c1-6-7-16-28-25(31)19(2)29(17-20-10-8-9-11-23(20)27)24(30)18-32-22-14-12-21(13-15-22)26(3,4)5/h8-15,19H,6-7,16-18H2,1-5H3,(H,28,31)/t19-/m1/s1. The van der Waals surface area contributed by atoms with Crippen molar-refractivity contribution in [1.82, 2.24) is 10.2 Å². The summed E-state index contributed by atoms with van der Waals surface area (Å²) in [7, 11) is 0. The molecule has 32 heavy (non-hydrogen) atoms. The maximum atomic E-state index is 13.1. The Bertz CT molecular complexity index is 891. The maximum absolute atomic E-state index is 13.1. The molecule has 0 aliphatic rings. The van der Waals surface area contributed by atoms with Crippen LogP contribution in [0.2, 0.25) is 5.02 Å². The predicted octanol–water partition coefficient (Wildman–Crippen LogP) is 5.35. The van der Waals surface area contributed by atoms with Crippen molar-refractivity contribution in [2.45, 2.75) is 65.5 Å². The zero-order valence-electron chi connectivity index (χ0n) is 19.8. The number of ether oxygens (including phenoxy) is 1. The van der Waals surface area contributed by atoms with Gasteiger partial charge in [0.1, 0.15) is 11.8 Å². The molecule has 0 aliphatic carbocycles. The minimum atomic E-state index is -0.650. The van der Waals surface area contributed by atoms with E-state index in [2.05, 4.69) is 33.0 Å². The minimum absolute atomic E-state index is 0.0423. The van der Waals surface area contributed by atoms with E-state index in [1.807, 2.05) is 42.5 Å². The summed E-state index contributed by atoms with van der Waals surface area (Å²) in [5.74, 6) is 0.153. The molecular formula is C26H35ClN2O3. The number of carbonyl (C=O) groups excluding carboxylic acids is 2. The Labute approximate surface area is 197 Å². The number of hydrogen-bond acceptors (Lipinski definition) is 3. The molecule has 0 fully saturated rings. The van der Waals surface area contributed by atoms with Crippen molar-refractivity contribution in [3.05, 3.63) is 64.7 Å². The first-order chi connectivity index (χ1) is 15.1. The summed E-state index contributed by atoms with van der Waals surface area (Å²) >= 11 is 6.31. The zero-order chi connectivity index (χ0) is 23.7. The SMILES string of the molecule is CCCCNC(=O)[C@@H](C)N(Cc1ccccc1Cl)C(=O)COc1ccc(C(C)(C)C)cc1. The molecule has 0 saturated carbocycles. The van der Waals surface area contributed by atoms with Gasteiger partial charge < -0.3 is 15.0 Å². The van der Waals surface area contributed by atoms with E-state index in [0.717, 1.165) is 18.4 Å². The van der Waals surface area contributed by atoms with Gasteiger partial charge in [0, 0.05) is 18.1 Å². The number of benzene rings is 2. The molecule has 0 saturated heterocycles. The summed E-state index contributed by atoms with van der Waals surface area (Å²) in [4.78, 5) is 27.3. The van der Waals surface area contributed by atoms with Crippen LogP contribution < -0.4 is 10.1 Å². The molecule has 1 atom stereocenters. The molecule has 2 aromatic carbocycles. The number of carbonyl (C=O) groups is 2. The molecule has 0 aliphatic heterocycles. The van der Waals surface area contributed by atoms with Crippen molar-refractivity contribution in [3.8, 4) is 5.75 Å². The van der Waals surface area contributed by atoms with E-state index in [1.165, 1.54) is 10.5 Å². The van der Waals surface area contributed by atoms with Gasteiger partial charge in [-0.25, -0.2) is 0 Å². The highest BCUT2D eigenvalue weighted by molar-refractivity contribution is 6.31. The number of hydrogen-bond donors (Lipinski definition) is 1. The Kier molecular flexibility index (Phi) is 9.58. The average Bonchev–Trinajstić information content (AvgIpc) is 2.76. The van der Waals surface area contributed by atoms with Gasteiger partial charge in [-0.15, -0.1) is 0 Å². The monoisotopic (exact) mass is 458 g/mol. The number of halogens is 1. The lowest BCUT2D eigenvalue weighted by Gasteiger charge is -2.29. The molecule has 2 aromatic rings. The van der Waals surface area contributed by atoms with Crippen LogP contribution in [0.5, 0.6) is 5.75 Å². The molecule has 2 amide bonds. The van der Waals surface area contributed by atoms with Crippen LogP contribution in [0.1, 0.15) is 58.6 Å². The summed E-state index contributed by atoms with van der Waals surface area (Å²) in [6.45, 7) is 10.9. The fourth-order valence-electron chi connectivity index (χ4n) is 3.21. The van der Waals surface area contributed by atoms with Crippen LogP contribution >= 0.6 is 11.6 Å². The van der Waals surface area contributed by atoms with Gasteiger partial charge in [-0.2, -0.15) is 0 Å². The van der Waals surface area contributed by atoms with Crippen LogP contribution in [0, 0.1) is 0 Å². The highest BCUT2D eigenvalue weighted by Crippen LogP contribution is 2.24. The Balaban J connectivity index is 2.12. The second-order valence-corrected chi connectivity index (χ2v) is 9.40. The van der Waals surface area contributed by atoms with Gasteiger partial charge in [0.15, 0.2) is 6.61 Å². The molecule has 174 valence electrons.